The number of anilines is 1. The number of para-hydroxylation sites is 1. The maximum absolute atomic E-state index is 11.8. The van der Waals surface area contributed by atoms with E-state index in [2.05, 4.69) is 24.5 Å². The van der Waals surface area contributed by atoms with Gasteiger partial charge in [-0.05, 0) is 31.9 Å². The number of hydrogen-bond acceptors (Lipinski definition) is 3. The number of amides is 1. The summed E-state index contributed by atoms with van der Waals surface area (Å²) in [5.41, 5.74) is 1.30. The molecule has 0 fully saturated rings. The van der Waals surface area contributed by atoms with E-state index in [4.69, 9.17) is 0 Å². The van der Waals surface area contributed by atoms with E-state index in [0.717, 1.165) is 0 Å². The van der Waals surface area contributed by atoms with Crippen LogP contribution in [0.1, 0.15) is 38.1 Å². The van der Waals surface area contributed by atoms with Crippen molar-refractivity contribution in [3.05, 3.63) is 29.8 Å². The summed E-state index contributed by atoms with van der Waals surface area (Å²) >= 11 is 0. The molecule has 19 heavy (non-hydrogen) atoms. The molecule has 0 aliphatic rings. The first kappa shape index (κ1) is 15.2. The highest BCUT2D eigenvalue weighted by Gasteiger charge is 2.11. The lowest BCUT2D eigenvalue weighted by Crippen LogP contribution is -2.39. The van der Waals surface area contributed by atoms with Crippen LogP contribution in [0.2, 0.25) is 0 Å². The molecule has 0 radical (unpaired) electrons. The van der Waals surface area contributed by atoms with Crippen molar-refractivity contribution in [2.75, 3.05) is 11.9 Å². The van der Waals surface area contributed by atoms with Crippen molar-refractivity contribution in [1.82, 2.24) is 5.32 Å². The highest BCUT2D eigenvalue weighted by atomic mass is 16.2. The average molecular weight is 262 g/mol. The Morgan fingerprint density at radius 1 is 1.16 bits per heavy atom. The topological polar surface area (TPSA) is 58.2 Å². The number of nitrogens with one attached hydrogen (secondary N) is 2. The predicted octanol–water partition coefficient (Wildman–Crippen LogP) is 2.46. The van der Waals surface area contributed by atoms with Crippen molar-refractivity contribution in [2.24, 2.45) is 5.92 Å². The van der Waals surface area contributed by atoms with Crippen LogP contribution in [0.5, 0.6) is 0 Å². The first-order chi connectivity index (χ1) is 8.91. The Morgan fingerprint density at radius 2 is 1.79 bits per heavy atom. The van der Waals surface area contributed by atoms with E-state index in [1.54, 1.807) is 12.1 Å². The number of carbonyl (C=O) groups is 2. The second-order valence-electron chi connectivity index (χ2n) is 5.06. The van der Waals surface area contributed by atoms with Gasteiger partial charge in [-0.25, -0.2) is 0 Å². The summed E-state index contributed by atoms with van der Waals surface area (Å²) in [5.74, 6) is 0.312. The second kappa shape index (κ2) is 6.92. The Labute approximate surface area is 114 Å². The maximum atomic E-state index is 11.8. The molecular weight excluding hydrogens is 240 g/mol. The van der Waals surface area contributed by atoms with Gasteiger partial charge in [0.25, 0.3) is 0 Å². The van der Waals surface area contributed by atoms with Crippen molar-refractivity contribution < 1.29 is 9.59 Å². The summed E-state index contributed by atoms with van der Waals surface area (Å²) < 4.78 is 0. The van der Waals surface area contributed by atoms with Crippen LogP contribution in [0, 0.1) is 5.92 Å². The molecule has 0 aromatic heterocycles. The standard InChI is InChI=1S/C15H22N2O2/c1-10(2)11(3)17-15(19)9-16-14-8-6-5-7-13(14)12(4)18/h5-8,10-11,16H,9H2,1-4H3,(H,17,19). The lowest BCUT2D eigenvalue weighted by molar-refractivity contribution is -0.120. The van der Waals surface area contributed by atoms with Gasteiger partial charge >= 0.3 is 0 Å². The highest BCUT2D eigenvalue weighted by molar-refractivity contribution is 6.00. The third-order valence-corrected chi connectivity index (χ3v) is 3.13. The molecule has 0 aliphatic heterocycles. The Bertz CT molecular complexity index is 455. The molecule has 104 valence electrons. The zero-order valence-corrected chi connectivity index (χ0v) is 12.0. The van der Waals surface area contributed by atoms with Crippen LogP contribution in [0.15, 0.2) is 24.3 Å². The molecule has 1 rings (SSSR count). The van der Waals surface area contributed by atoms with Gasteiger partial charge in [0.2, 0.25) is 5.91 Å². The summed E-state index contributed by atoms with van der Waals surface area (Å²) in [6.45, 7) is 7.78. The Morgan fingerprint density at radius 3 is 2.37 bits per heavy atom. The normalized spacial score (nSPS) is 12.1. The minimum absolute atomic E-state index is 0.0148. The van der Waals surface area contributed by atoms with Gasteiger partial charge in [0.15, 0.2) is 5.78 Å². The van der Waals surface area contributed by atoms with Gasteiger partial charge in [0.05, 0.1) is 6.54 Å². The van der Waals surface area contributed by atoms with E-state index in [1.165, 1.54) is 6.92 Å². The van der Waals surface area contributed by atoms with Gasteiger partial charge in [0, 0.05) is 17.3 Å². The van der Waals surface area contributed by atoms with Crippen LogP contribution in [0.3, 0.4) is 0 Å². The molecular formula is C15H22N2O2. The van der Waals surface area contributed by atoms with Crippen molar-refractivity contribution in [2.45, 2.75) is 33.7 Å². The van der Waals surface area contributed by atoms with Gasteiger partial charge in [-0.15, -0.1) is 0 Å². The van der Waals surface area contributed by atoms with E-state index < -0.39 is 0 Å². The van der Waals surface area contributed by atoms with Crippen molar-refractivity contribution in [3.8, 4) is 0 Å². The molecule has 4 heteroatoms. The quantitative estimate of drug-likeness (QED) is 0.774. The number of ketones is 1. The molecule has 1 atom stereocenters. The minimum Gasteiger partial charge on any atom is -0.376 e. The number of carbonyl (C=O) groups excluding carboxylic acids is 2. The molecule has 2 N–H and O–H groups in total. The number of rotatable bonds is 6. The Balaban J connectivity index is 2.58. The van der Waals surface area contributed by atoms with E-state index in [9.17, 15) is 9.59 Å². The molecule has 0 aliphatic carbocycles. The third kappa shape index (κ3) is 4.73. The zero-order chi connectivity index (χ0) is 14.4. The molecule has 0 saturated heterocycles. The van der Waals surface area contributed by atoms with Gasteiger partial charge in [-0.1, -0.05) is 26.0 Å². The summed E-state index contributed by atoms with van der Waals surface area (Å²) in [6, 6.07) is 7.33. The van der Waals surface area contributed by atoms with Crippen LogP contribution in [-0.4, -0.2) is 24.3 Å². The average Bonchev–Trinajstić information content (AvgIpc) is 2.36. The first-order valence-corrected chi connectivity index (χ1v) is 6.55. The number of hydrogen-bond donors (Lipinski definition) is 2. The molecule has 1 aromatic carbocycles. The second-order valence-corrected chi connectivity index (χ2v) is 5.06. The van der Waals surface area contributed by atoms with E-state index in [0.29, 0.717) is 17.2 Å². The van der Waals surface area contributed by atoms with E-state index in [1.807, 2.05) is 19.1 Å². The van der Waals surface area contributed by atoms with Crippen molar-refractivity contribution in [3.63, 3.8) is 0 Å². The lowest BCUT2D eigenvalue weighted by atomic mass is 10.1. The van der Waals surface area contributed by atoms with Gasteiger partial charge in [0.1, 0.15) is 0 Å². The van der Waals surface area contributed by atoms with Gasteiger partial charge in [-0.3, -0.25) is 9.59 Å². The number of benzene rings is 1. The zero-order valence-electron chi connectivity index (χ0n) is 12.0. The SMILES string of the molecule is CC(=O)c1ccccc1NCC(=O)NC(C)C(C)C. The summed E-state index contributed by atoms with van der Waals surface area (Å²) in [6.07, 6.45) is 0. The summed E-state index contributed by atoms with van der Waals surface area (Å²) in [4.78, 5) is 23.2. The fourth-order valence-corrected chi connectivity index (χ4v) is 1.59. The molecule has 1 amide bonds. The van der Waals surface area contributed by atoms with Crippen LogP contribution in [-0.2, 0) is 4.79 Å². The molecule has 0 spiro atoms. The molecule has 1 unspecified atom stereocenters. The van der Waals surface area contributed by atoms with Gasteiger partial charge < -0.3 is 10.6 Å². The molecule has 0 heterocycles. The molecule has 4 nitrogen and oxygen atoms in total. The number of Topliss-reactive ketones (excluding diaryl/α,β-unsaturated/α-hetero) is 1. The van der Waals surface area contributed by atoms with Crippen LogP contribution >= 0.6 is 0 Å². The molecule has 0 saturated carbocycles. The smallest absolute Gasteiger partial charge is 0.239 e. The third-order valence-electron chi connectivity index (χ3n) is 3.13. The highest BCUT2D eigenvalue weighted by Crippen LogP contribution is 2.14. The largest absolute Gasteiger partial charge is 0.376 e. The lowest BCUT2D eigenvalue weighted by Gasteiger charge is -2.18. The van der Waals surface area contributed by atoms with Crippen molar-refractivity contribution >= 4 is 17.4 Å². The van der Waals surface area contributed by atoms with E-state index >= 15 is 0 Å². The van der Waals surface area contributed by atoms with Crippen LogP contribution in [0.4, 0.5) is 5.69 Å². The fraction of sp³-hybridized carbons (Fsp3) is 0.467. The molecule has 1 aromatic rings. The van der Waals surface area contributed by atoms with Crippen molar-refractivity contribution in [1.29, 1.82) is 0 Å². The van der Waals surface area contributed by atoms with E-state index in [-0.39, 0.29) is 24.3 Å². The summed E-state index contributed by atoms with van der Waals surface area (Å²) in [7, 11) is 0. The Hall–Kier alpha value is -1.84. The fourth-order valence-electron chi connectivity index (χ4n) is 1.59. The van der Waals surface area contributed by atoms with Crippen LogP contribution in [0.25, 0.3) is 0 Å². The monoisotopic (exact) mass is 262 g/mol. The maximum Gasteiger partial charge on any atom is 0.239 e. The Kier molecular flexibility index (Phi) is 5.55. The van der Waals surface area contributed by atoms with Gasteiger partial charge in [-0.2, -0.15) is 0 Å². The summed E-state index contributed by atoms with van der Waals surface area (Å²) in [5, 5.41) is 5.92. The first-order valence-electron chi connectivity index (χ1n) is 6.55. The predicted molar refractivity (Wildman–Crippen MR) is 77.4 cm³/mol. The molecule has 0 bridgehead atoms. The van der Waals surface area contributed by atoms with Crippen LogP contribution < -0.4 is 10.6 Å². The minimum atomic E-state index is -0.0699.